The molecule has 2 aliphatic rings. The molecule has 40 heavy (non-hydrogen) atoms. The number of amides is 2. The first-order valence-corrected chi connectivity index (χ1v) is 13.7. The predicted molar refractivity (Wildman–Crippen MR) is 141 cm³/mol. The Bertz CT molecular complexity index is 1620. The molecule has 2 amide bonds. The van der Waals surface area contributed by atoms with Gasteiger partial charge in [-0.05, 0) is 13.0 Å². The summed E-state index contributed by atoms with van der Waals surface area (Å²) in [5.41, 5.74) is 6.13. The van der Waals surface area contributed by atoms with Crippen LogP contribution in [-0.4, -0.2) is 82.4 Å². The molecule has 0 bridgehead atoms. The minimum atomic E-state index is -1.40. The number of oxime groups is 1. The van der Waals surface area contributed by atoms with Gasteiger partial charge >= 0.3 is 17.6 Å². The Morgan fingerprint density at radius 3 is 2.85 bits per heavy atom. The minimum absolute atomic E-state index is 0.00165. The molecule has 15 nitrogen and oxygen atoms in total. The molecule has 1 saturated heterocycles. The fraction of sp³-hybridized carbons (Fsp3) is 0.273. The van der Waals surface area contributed by atoms with Crippen LogP contribution in [0.2, 0.25) is 4.34 Å². The maximum absolute atomic E-state index is 13.2. The molecule has 0 unspecified atom stereocenters. The van der Waals surface area contributed by atoms with Crippen LogP contribution >= 0.6 is 34.7 Å². The van der Waals surface area contributed by atoms with Crippen LogP contribution < -0.4 is 15.6 Å². The van der Waals surface area contributed by atoms with Crippen molar-refractivity contribution in [1.82, 2.24) is 24.8 Å². The summed E-state index contributed by atoms with van der Waals surface area (Å²) < 4.78 is 3.46. The van der Waals surface area contributed by atoms with Crippen molar-refractivity contribution in [3.8, 4) is 0 Å². The number of halogens is 1. The smallest absolute Gasteiger partial charge is 0.352 e. The molecule has 5 heterocycles. The number of nitrogens with two attached hydrogens (primary N) is 1. The molecule has 0 radical (unpaired) electrons. The number of aliphatic carboxylic acids is 2. The van der Waals surface area contributed by atoms with Crippen molar-refractivity contribution >= 4 is 74.9 Å². The van der Waals surface area contributed by atoms with E-state index < -0.39 is 47.0 Å². The summed E-state index contributed by atoms with van der Waals surface area (Å²) in [4.78, 5) is 59.8. The molecule has 18 heteroatoms. The molecular weight excluding hydrogens is 588 g/mol. The number of anilines is 1. The van der Waals surface area contributed by atoms with Gasteiger partial charge in [0, 0.05) is 17.4 Å². The topological polar surface area (TPSA) is 206 Å². The first-order valence-electron chi connectivity index (χ1n) is 11.5. The number of carboxylic acids is 2. The van der Waals surface area contributed by atoms with Gasteiger partial charge in [-0.2, -0.15) is 0 Å². The number of hydrogen-bond donors (Lipinski definition) is 4. The first kappa shape index (κ1) is 27.4. The molecule has 3 aromatic heterocycles. The Balaban J connectivity index is 1.38. The third-order valence-electron chi connectivity index (χ3n) is 6.03. The molecule has 3 atom stereocenters. The fourth-order valence-electron chi connectivity index (χ4n) is 4.12. The van der Waals surface area contributed by atoms with Gasteiger partial charge in [0.2, 0.25) is 6.10 Å². The average molecular weight is 608 g/mol. The fourth-order valence-corrected chi connectivity index (χ4v) is 6.39. The summed E-state index contributed by atoms with van der Waals surface area (Å²) in [5.74, 6) is -3.90. The summed E-state index contributed by atoms with van der Waals surface area (Å²) >= 11 is 8.28. The lowest BCUT2D eigenvalue weighted by atomic mass is 10.0. The van der Waals surface area contributed by atoms with E-state index in [4.69, 9.17) is 27.3 Å². The summed E-state index contributed by atoms with van der Waals surface area (Å²) in [6.45, 7) is 1.41. The van der Waals surface area contributed by atoms with Gasteiger partial charge in [-0.15, -0.1) is 16.3 Å². The number of carbonyl (C=O) groups excluding carboxylic acids is 2. The van der Waals surface area contributed by atoms with Crippen molar-refractivity contribution in [2.45, 2.75) is 31.0 Å². The molecule has 2 aliphatic heterocycles. The van der Waals surface area contributed by atoms with E-state index in [9.17, 15) is 24.3 Å². The van der Waals surface area contributed by atoms with Gasteiger partial charge in [-0.25, -0.2) is 19.1 Å². The number of imidazole rings is 1. The van der Waals surface area contributed by atoms with Crippen molar-refractivity contribution in [2.24, 2.45) is 5.16 Å². The van der Waals surface area contributed by atoms with Crippen LogP contribution in [0.4, 0.5) is 5.13 Å². The summed E-state index contributed by atoms with van der Waals surface area (Å²) in [6.07, 6.45) is 3.72. The van der Waals surface area contributed by atoms with Crippen molar-refractivity contribution < 1.29 is 38.8 Å². The van der Waals surface area contributed by atoms with Gasteiger partial charge in [0.05, 0.1) is 6.20 Å². The monoisotopic (exact) mass is 607 g/mol. The van der Waals surface area contributed by atoms with Gasteiger partial charge in [0.15, 0.2) is 17.0 Å². The normalized spacial score (nSPS) is 19.7. The molecule has 0 saturated carbocycles. The molecular formula is C22H20ClN8O7S2+. The first-order chi connectivity index (χ1) is 19.1. The highest BCUT2D eigenvalue weighted by atomic mass is 35.5. The van der Waals surface area contributed by atoms with E-state index in [2.05, 4.69) is 20.6 Å². The molecule has 208 valence electrons. The number of nitrogen functional groups attached to an aromatic ring is 1. The number of carboxylic acid groups (broad SMARTS) is 2. The number of nitrogens with one attached hydrogen (secondary N) is 1. The number of thioether (sulfide) groups is 1. The third-order valence-corrected chi connectivity index (χ3v) is 8.45. The highest BCUT2D eigenvalue weighted by Gasteiger charge is 2.54. The van der Waals surface area contributed by atoms with Crippen LogP contribution in [0, 0.1) is 0 Å². The van der Waals surface area contributed by atoms with E-state index in [1.54, 1.807) is 29.2 Å². The van der Waals surface area contributed by atoms with E-state index in [1.807, 2.05) is 10.6 Å². The second-order valence-electron chi connectivity index (χ2n) is 8.57. The lowest BCUT2D eigenvalue weighted by Gasteiger charge is -2.49. The SMILES string of the molecule is C[C@H](O/N=C(\C(=O)N[C@@H]1C(=O)N2C(C(=O)O)=C(C[n+]3ccn4ncccc43)CS[C@H]12)c1nc(N)sc1Cl)C(=O)O. The van der Waals surface area contributed by atoms with Gasteiger partial charge in [0.25, 0.3) is 11.8 Å². The van der Waals surface area contributed by atoms with Gasteiger partial charge < -0.3 is 26.1 Å². The Morgan fingerprint density at radius 2 is 2.17 bits per heavy atom. The highest BCUT2D eigenvalue weighted by molar-refractivity contribution is 8.00. The van der Waals surface area contributed by atoms with Crippen LogP contribution in [0.25, 0.3) is 5.65 Å². The van der Waals surface area contributed by atoms with E-state index in [-0.39, 0.29) is 33.2 Å². The summed E-state index contributed by atoms with van der Waals surface area (Å²) in [7, 11) is 0. The van der Waals surface area contributed by atoms with E-state index in [0.717, 1.165) is 21.9 Å². The number of fused-ring (bicyclic) bond motifs is 2. The predicted octanol–water partition coefficient (Wildman–Crippen LogP) is -0.0535. The standard InChI is InChI=1S/C22H19ClN8O7S2/c1-9(20(34)35)38-28-13(12-16(23)40-22(24)27-12)17(32)26-14-18(33)31-15(21(36)37)10(8-39-19(14)31)7-29-5-6-30-11(29)3-2-4-25-30/h2-6,9,14,19H,7-8H2,1H3,(H4-,24,26,27,32,34,35,36,37)/p+1/b28-13-/t9-,14+,19+/m0/s1. The zero-order valence-corrected chi connectivity index (χ0v) is 22.8. The van der Waals surface area contributed by atoms with E-state index in [1.165, 1.54) is 18.7 Å². The number of rotatable bonds is 9. The number of aromatic nitrogens is 4. The Hall–Kier alpha value is -4.22. The van der Waals surface area contributed by atoms with Crippen molar-refractivity contribution in [2.75, 3.05) is 11.5 Å². The lowest BCUT2D eigenvalue weighted by molar-refractivity contribution is -0.662. The van der Waals surface area contributed by atoms with Gasteiger partial charge in [0.1, 0.15) is 39.9 Å². The lowest BCUT2D eigenvalue weighted by Crippen LogP contribution is -2.71. The van der Waals surface area contributed by atoms with Gasteiger partial charge in [-0.1, -0.05) is 33.2 Å². The second-order valence-corrected chi connectivity index (χ2v) is 11.3. The molecule has 5 rings (SSSR count). The number of carbonyl (C=O) groups is 4. The average Bonchev–Trinajstić information content (AvgIpc) is 3.48. The molecule has 5 N–H and O–H groups in total. The quantitative estimate of drug-likeness (QED) is 0.110. The zero-order valence-electron chi connectivity index (χ0n) is 20.4. The maximum Gasteiger partial charge on any atom is 0.352 e. The number of nitrogens with zero attached hydrogens (tertiary/aromatic N) is 6. The molecule has 0 aliphatic carbocycles. The van der Waals surface area contributed by atoms with Gasteiger partial charge in [-0.3, -0.25) is 14.5 Å². The zero-order chi connectivity index (χ0) is 28.7. The van der Waals surface area contributed by atoms with Crippen LogP contribution in [0.15, 0.2) is 47.1 Å². The van der Waals surface area contributed by atoms with Crippen LogP contribution in [0.1, 0.15) is 12.6 Å². The van der Waals surface area contributed by atoms with Crippen molar-refractivity contribution in [3.63, 3.8) is 0 Å². The van der Waals surface area contributed by atoms with Crippen LogP contribution in [0.3, 0.4) is 0 Å². The van der Waals surface area contributed by atoms with E-state index in [0.29, 0.717) is 5.57 Å². The second kappa shape index (κ2) is 10.7. The molecule has 3 aromatic rings. The number of β-lactam (4-membered cyclic amide) rings is 1. The summed E-state index contributed by atoms with van der Waals surface area (Å²) in [5, 5.41) is 28.7. The Morgan fingerprint density at radius 1 is 1.40 bits per heavy atom. The Kier molecular flexibility index (Phi) is 7.35. The number of thiazole rings is 1. The Labute approximate surface area is 237 Å². The molecule has 0 spiro atoms. The molecule has 0 aromatic carbocycles. The van der Waals surface area contributed by atoms with Crippen molar-refractivity contribution in [3.05, 3.63) is 52.0 Å². The van der Waals surface area contributed by atoms with Crippen LogP contribution in [-0.2, 0) is 30.6 Å². The molecule has 1 fully saturated rings. The highest BCUT2D eigenvalue weighted by Crippen LogP contribution is 2.40. The summed E-state index contributed by atoms with van der Waals surface area (Å²) in [6, 6.07) is 2.49. The minimum Gasteiger partial charge on any atom is -0.478 e. The number of hydrogen-bond acceptors (Lipinski definition) is 11. The van der Waals surface area contributed by atoms with E-state index >= 15 is 0 Å². The third kappa shape index (κ3) is 4.93. The van der Waals surface area contributed by atoms with Crippen molar-refractivity contribution in [1.29, 1.82) is 0 Å². The largest absolute Gasteiger partial charge is 0.478 e. The maximum atomic E-state index is 13.2. The van der Waals surface area contributed by atoms with Crippen LogP contribution in [0.5, 0.6) is 0 Å².